The minimum Gasteiger partial charge on any atom is -0.348 e. The van der Waals surface area contributed by atoms with Gasteiger partial charge in [-0.1, -0.05) is 0 Å². The van der Waals surface area contributed by atoms with Crippen molar-refractivity contribution in [3.8, 4) is 0 Å². The van der Waals surface area contributed by atoms with E-state index in [1.807, 2.05) is 0 Å². The van der Waals surface area contributed by atoms with Gasteiger partial charge < -0.3 is 4.98 Å². The first kappa shape index (κ1) is 12.9. The third-order valence-electron chi connectivity index (χ3n) is 2.15. The Morgan fingerprint density at radius 2 is 2.00 bits per heavy atom. The lowest BCUT2D eigenvalue weighted by molar-refractivity contribution is 0.580. The molecule has 0 amide bonds. The van der Waals surface area contributed by atoms with Gasteiger partial charge in [0.25, 0.3) is 0 Å². The molecule has 2 aromatic rings. The molecule has 2 aromatic heterocycles. The van der Waals surface area contributed by atoms with E-state index in [1.165, 1.54) is 6.33 Å². The van der Waals surface area contributed by atoms with Crippen LogP contribution in [0.2, 0.25) is 5.28 Å². The van der Waals surface area contributed by atoms with E-state index < -0.39 is 10.0 Å². The third-order valence-corrected chi connectivity index (χ3v) is 3.76. The molecule has 0 aliphatic heterocycles. The van der Waals surface area contributed by atoms with Crippen LogP contribution in [0, 0.1) is 0 Å². The molecule has 0 aromatic carbocycles. The number of nitrogens with one attached hydrogen (secondary N) is 2. The van der Waals surface area contributed by atoms with E-state index in [4.69, 9.17) is 11.6 Å². The molecule has 0 radical (unpaired) electrons. The highest BCUT2D eigenvalue weighted by molar-refractivity contribution is 7.89. The van der Waals surface area contributed by atoms with Gasteiger partial charge in [0.15, 0.2) is 0 Å². The molecule has 18 heavy (non-hydrogen) atoms. The Morgan fingerprint density at radius 1 is 1.28 bits per heavy atom. The van der Waals surface area contributed by atoms with Gasteiger partial charge in [0.05, 0.1) is 18.7 Å². The topological polar surface area (TPSA) is 101 Å². The first-order chi connectivity index (χ1) is 8.58. The monoisotopic (exact) mass is 287 g/mol. The highest BCUT2D eigenvalue weighted by Crippen LogP contribution is 2.07. The Kier molecular flexibility index (Phi) is 3.90. The smallest absolute Gasteiger partial charge is 0.243 e. The van der Waals surface area contributed by atoms with Crippen LogP contribution in [0.3, 0.4) is 0 Å². The van der Waals surface area contributed by atoms with Crippen LogP contribution in [-0.2, 0) is 16.4 Å². The molecule has 2 heterocycles. The predicted octanol–water partition coefficient (Wildman–Crippen LogP) is 0.374. The number of sulfonamides is 1. The fraction of sp³-hybridized carbons (Fsp3) is 0.222. The van der Waals surface area contributed by atoms with Crippen molar-refractivity contribution in [2.45, 2.75) is 11.3 Å². The van der Waals surface area contributed by atoms with E-state index in [-0.39, 0.29) is 16.7 Å². The molecular weight excluding hydrogens is 278 g/mol. The largest absolute Gasteiger partial charge is 0.348 e. The van der Waals surface area contributed by atoms with Crippen LogP contribution < -0.4 is 4.72 Å². The summed E-state index contributed by atoms with van der Waals surface area (Å²) < 4.78 is 26.1. The molecule has 9 heteroatoms. The van der Waals surface area contributed by atoms with Crippen molar-refractivity contribution in [2.24, 2.45) is 0 Å². The number of nitrogens with zero attached hydrogens (tertiary/aromatic N) is 3. The van der Waals surface area contributed by atoms with E-state index in [9.17, 15) is 8.42 Å². The molecular formula is C9H10ClN5O2S. The minimum atomic E-state index is -3.60. The van der Waals surface area contributed by atoms with Crippen LogP contribution >= 0.6 is 11.6 Å². The van der Waals surface area contributed by atoms with Crippen molar-refractivity contribution < 1.29 is 8.42 Å². The number of H-pyrrole nitrogens is 1. The van der Waals surface area contributed by atoms with Crippen molar-refractivity contribution in [1.82, 2.24) is 24.7 Å². The number of rotatable bonds is 5. The summed E-state index contributed by atoms with van der Waals surface area (Å²) >= 11 is 5.49. The van der Waals surface area contributed by atoms with Crippen molar-refractivity contribution in [1.29, 1.82) is 0 Å². The van der Waals surface area contributed by atoms with Crippen molar-refractivity contribution in [2.75, 3.05) is 6.54 Å². The summed E-state index contributed by atoms with van der Waals surface area (Å²) in [5, 5.41) is 0.00594. The van der Waals surface area contributed by atoms with Gasteiger partial charge in [-0.25, -0.2) is 28.1 Å². The van der Waals surface area contributed by atoms with Gasteiger partial charge >= 0.3 is 0 Å². The van der Waals surface area contributed by atoms with E-state index in [2.05, 4.69) is 24.7 Å². The van der Waals surface area contributed by atoms with Gasteiger partial charge in [-0.3, -0.25) is 0 Å². The van der Waals surface area contributed by atoms with E-state index >= 15 is 0 Å². The normalized spacial score (nSPS) is 11.6. The van der Waals surface area contributed by atoms with Crippen LogP contribution in [0.25, 0.3) is 0 Å². The molecule has 0 aliphatic rings. The van der Waals surface area contributed by atoms with Gasteiger partial charge in [-0.05, 0) is 11.6 Å². The molecule has 0 unspecified atom stereocenters. The second kappa shape index (κ2) is 5.42. The summed E-state index contributed by atoms with van der Waals surface area (Å²) in [4.78, 5) is 13.9. The van der Waals surface area contributed by atoms with Crippen LogP contribution in [0.15, 0.2) is 29.8 Å². The average molecular weight is 288 g/mol. The lowest BCUT2D eigenvalue weighted by Crippen LogP contribution is -2.26. The summed E-state index contributed by atoms with van der Waals surface area (Å²) in [6.07, 6.45) is 6.02. The number of hydrogen-bond donors (Lipinski definition) is 2. The molecule has 0 saturated heterocycles. The molecule has 0 fully saturated rings. The lowest BCUT2D eigenvalue weighted by Gasteiger charge is -2.05. The van der Waals surface area contributed by atoms with Gasteiger partial charge in [-0.2, -0.15) is 0 Å². The zero-order valence-corrected chi connectivity index (χ0v) is 10.7. The molecule has 0 saturated carbocycles. The first-order valence-electron chi connectivity index (χ1n) is 5.02. The van der Waals surface area contributed by atoms with Crippen LogP contribution in [-0.4, -0.2) is 34.9 Å². The maximum Gasteiger partial charge on any atom is 0.243 e. The van der Waals surface area contributed by atoms with E-state index in [0.29, 0.717) is 6.42 Å². The zero-order chi connectivity index (χ0) is 13.0. The third kappa shape index (κ3) is 3.25. The number of hydrogen-bond acceptors (Lipinski definition) is 5. The first-order valence-corrected chi connectivity index (χ1v) is 6.88. The Bertz CT molecular complexity index is 596. The maximum atomic E-state index is 11.8. The summed E-state index contributed by atoms with van der Waals surface area (Å²) in [7, 11) is -3.60. The molecule has 0 atom stereocenters. The SMILES string of the molecule is O=S(=O)(NCCc1cnc[nH]1)c1cnc(Cl)nc1. The molecule has 7 nitrogen and oxygen atoms in total. The highest BCUT2D eigenvalue weighted by Gasteiger charge is 2.14. The van der Waals surface area contributed by atoms with Crippen LogP contribution in [0.5, 0.6) is 0 Å². The second-order valence-electron chi connectivity index (χ2n) is 3.41. The average Bonchev–Trinajstić information content (AvgIpc) is 2.82. The standard InChI is InChI=1S/C9H10ClN5O2S/c10-9-12-4-8(5-13-9)18(16,17)15-2-1-7-3-11-6-14-7/h3-6,15H,1-2H2,(H,11,14). The fourth-order valence-electron chi connectivity index (χ4n) is 1.26. The molecule has 0 spiro atoms. The maximum absolute atomic E-state index is 11.8. The summed E-state index contributed by atoms with van der Waals surface area (Å²) in [6, 6.07) is 0. The minimum absolute atomic E-state index is 0.00594. The van der Waals surface area contributed by atoms with Gasteiger partial charge in [0.1, 0.15) is 4.90 Å². The molecule has 0 bridgehead atoms. The predicted molar refractivity (Wildman–Crippen MR) is 64.5 cm³/mol. The number of halogens is 1. The number of aromatic nitrogens is 4. The second-order valence-corrected chi connectivity index (χ2v) is 5.52. The van der Waals surface area contributed by atoms with Gasteiger partial charge in [0.2, 0.25) is 15.3 Å². The van der Waals surface area contributed by atoms with Crippen molar-refractivity contribution >= 4 is 21.6 Å². The van der Waals surface area contributed by atoms with Crippen LogP contribution in [0.4, 0.5) is 0 Å². The quantitative estimate of drug-likeness (QED) is 0.774. The Morgan fingerprint density at radius 3 is 2.61 bits per heavy atom. The van der Waals surface area contributed by atoms with Gasteiger partial charge in [-0.15, -0.1) is 0 Å². The van der Waals surface area contributed by atoms with E-state index in [0.717, 1.165) is 18.1 Å². The Hall–Kier alpha value is -1.51. The Balaban J connectivity index is 1.97. The Labute approximate surface area is 109 Å². The highest BCUT2D eigenvalue weighted by atomic mass is 35.5. The number of imidazole rings is 1. The molecule has 2 N–H and O–H groups in total. The van der Waals surface area contributed by atoms with E-state index in [1.54, 1.807) is 6.20 Å². The van der Waals surface area contributed by atoms with Crippen molar-refractivity contribution in [3.05, 3.63) is 35.9 Å². The summed E-state index contributed by atoms with van der Waals surface area (Å²) in [5.41, 5.74) is 0.852. The summed E-state index contributed by atoms with van der Waals surface area (Å²) in [6.45, 7) is 0.257. The molecule has 96 valence electrons. The summed E-state index contributed by atoms with van der Waals surface area (Å²) in [5.74, 6) is 0. The van der Waals surface area contributed by atoms with Crippen LogP contribution in [0.1, 0.15) is 5.69 Å². The molecule has 0 aliphatic carbocycles. The number of aromatic amines is 1. The van der Waals surface area contributed by atoms with Gasteiger partial charge in [0, 0.05) is 24.9 Å². The van der Waals surface area contributed by atoms with Crippen molar-refractivity contribution in [3.63, 3.8) is 0 Å². The zero-order valence-electron chi connectivity index (χ0n) is 9.17. The fourth-order valence-corrected chi connectivity index (χ4v) is 2.28. The molecule has 2 rings (SSSR count). The lowest BCUT2D eigenvalue weighted by atomic mass is 10.3.